The number of ether oxygens (including phenoxy) is 1. The van der Waals surface area contributed by atoms with Crippen molar-refractivity contribution >= 4 is 22.3 Å². The van der Waals surface area contributed by atoms with Crippen LogP contribution >= 0.6 is 11.3 Å². The lowest BCUT2D eigenvalue weighted by Crippen LogP contribution is -2.49. The van der Waals surface area contributed by atoms with Gasteiger partial charge in [0.05, 0.1) is 12.1 Å². The van der Waals surface area contributed by atoms with Crippen molar-refractivity contribution in [3.63, 3.8) is 0 Å². The van der Waals surface area contributed by atoms with E-state index in [9.17, 15) is 0 Å². The summed E-state index contributed by atoms with van der Waals surface area (Å²) in [6.07, 6.45) is 3.20. The fourth-order valence-corrected chi connectivity index (χ4v) is 4.21. The van der Waals surface area contributed by atoms with Crippen LogP contribution in [-0.4, -0.2) is 45.8 Å². The monoisotopic (exact) mass is 386 g/mol. The molecule has 1 aliphatic heterocycles. The van der Waals surface area contributed by atoms with E-state index in [1.165, 1.54) is 16.1 Å². The molecule has 0 aliphatic carbocycles. The zero-order chi connectivity index (χ0) is 19.1. The van der Waals surface area contributed by atoms with Crippen molar-refractivity contribution in [2.24, 2.45) is 4.99 Å². The maximum Gasteiger partial charge on any atom is 0.191 e. The van der Waals surface area contributed by atoms with Gasteiger partial charge in [-0.15, -0.1) is 11.3 Å². The first kappa shape index (κ1) is 19.5. The van der Waals surface area contributed by atoms with Gasteiger partial charge in [-0.05, 0) is 60.9 Å². The average Bonchev–Trinajstić information content (AvgIpc) is 3.23. The fraction of sp³-hybridized carbons (Fsp3) is 0.476. The number of piperidine rings is 1. The first-order valence-electron chi connectivity index (χ1n) is 9.58. The minimum Gasteiger partial charge on any atom is -0.496 e. The van der Waals surface area contributed by atoms with Crippen molar-refractivity contribution in [3.8, 4) is 5.75 Å². The van der Waals surface area contributed by atoms with Crippen LogP contribution in [0, 0.1) is 6.92 Å². The first-order valence-corrected chi connectivity index (χ1v) is 10.5. The normalized spacial score (nSPS) is 15.7. The smallest absolute Gasteiger partial charge is 0.191 e. The van der Waals surface area contributed by atoms with Crippen LogP contribution in [0.15, 0.2) is 40.7 Å². The van der Waals surface area contributed by atoms with Crippen LogP contribution in [0.5, 0.6) is 5.75 Å². The third-order valence-corrected chi connectivity index (χ3v) is 5.98. The van der Waals surface area contributed by atoms with Crippen molar-refractivity contribution in [1.82, 2.24) is 10.6 Å². The summed E-state index contributed by atoms with van der Waals surface area (Å²) in [6.45, 7) is 5.10. The van der Waals surface area contributed by atoms with E-state index in [-0.39, 0.29) is 0 Å². The Labute approximate surface area is 166 Å². The van der Waals surface area contributed by atoms with Gasteiger partial charge in [-0.1, -0.05) is 12.1 Å². The molecule has 2 aromatic rings. The highest BCUT2D eigenvalue weighted by Gasteiger charge is 2.20. The number of benzene rings is 1. The van der Waals surface area contributed by atoms with Crippen LogP contribution in [0.25, 0.3) is 0 Å². The molecule has 0 bridgehead atoms. The molecule has 3 rings (SSSR count). The Balaban J connectivity index is 1.42. The molecule has 146 valence electrons. The lowest BCUT2D eigenvalue weighted by Gasteiger charge is -2.33. The third-order valence-electron chi connectivity index (χ3n) is 5.06. The largest absolute Gasteiger partial charge is 0.496 e. The molecule has 0 amide bonds. The predicted octanol–water partition coefficient (Wildman–Crippen LogP) is 3.44. The summed E-state index contributed by atoms with van der Waals surface area (Å²) < 4.78 is 5.41. The molecule has 2 N–H and O–H groups in total. The van der Waals surface area contributed by atoms with Crippen LogP contribution in [0.3, 0.4) is 0 Å². The summed E-state index contributed by atoms with van der Waals surface area (Å²) in [4.78, 5) is 6.86. The average molecular weight is 387 g/mol. The van der Waals surface area contributed by atoms with Gasteiger partial charge in [-0.2, -0.15) is 0 Å². The van der Waals surface area contributed by atoms with Crippen molar-refractivity contribution in [1.29, 1.82) is 0 Å². The molecule has 0 unspecified atom stereocenters. The van der Waals surface area contributed by atoms with Crippen LogP contribution in [-0.2, 0) is 6.42 Å². The molecular weight excluding hydrogens is 356 g/mol. The molecule has 5 nitrogen and oxygen atoms in total. The maximum atomic E-state index is 5.41. The maximum absolute atomic E-state index is 5.41. The summed E-state index contributed by atoms with van der Waals surface area (Å²) in [5, 5.41) is 10.5. The highest BCUT2D eigenvalue weighted by Crippen LogP contribution is 2.24. The highest BCUT2D eigenvalue weighted by molar-refractivity contribution is 7.14. The second-order valence-corrected chi connectivity index (χ2v) is 7.84. The number of methoxy groups -OCH3 is 1. The van der Waals surface area contributed by atoms with E-state index in [0.29, 0.717) is 6.04 Å². The van der Waals surface area contributed by atoms with E-state index in [0.717, 1.165) is 50.6 Å². The molecule has 6 heteroatoms. The number of hydrogen-bond acceptors (Lipinski definition) is 4. The van der Waals surface area contributed by atoms with Gasteiger partial charge >= 0.3 is 0 Å². The summed E-state index contributed by atoms with van der Waals surface area (Å²) in [5.74, 6) is 1.84. The minimum atomic E-state index is 0.479. The second-order valence-electron chi connectivity index (χ2n) is 6.91. The summed E-state index contributed by atoms with van der Waals surface area (Å²) in [7, 11) is 3.56. The molecule has 1 aromatic heterocycles. The molecule has 1 fully saturated rings. The van der Waals surface area contributed by atoms with E-state index < -0.39 is 0 Å². The van der Waals surface area contributed by atoms with E-state index in [1.807, 2.05) is 18.4 Å². The van der Waals surface area contributed by atoms with Crippen molar-refractivity contribution in [3.05, 3.63) is 46.8 Å². The quantitative estimate of drug-likeness (QED) is 0.590. The topological polar surface area (TPSA) is 48.9 Å². The van der Waals surface area contributed by atoms with E-state index in [2.05, 4.69) is 63.2 Å². The standard InChI is InChI=1S/C21H30N4OS/c1-16-6-7-17(15-19(16)26-3)8-11-23-21(22-2)24-18-9-12-25(13-10-18)20-5-4-14-27-20/h4-7,14-15,18H,8-13H2,1-3H3,(H2,22,23,24). The number of aliphatic imine (C=N–C) groups is 1. The molecule has 0 radical (unpaired) electrons. The number of hydrogen-bond donors (Lipinski definition) is 2. The van der Waals surface area contributed by atoms with Gasteiger partial charge in [0.2, 0.25) is 0 Å². The lowest BCUT2D eigenvalue weighted by atomic mass is 10.1. The number of nitrogens with one attached hydrogen (secondary N) is 2. The molecule has 27 heavy (non-hydrogen) atoms. The summed E-state index contributed by atoms with van der Waals surface area (Å²) in [5.41, 5.74) is 2.44. The van der Waals surface area contributed by atoms with Crippen molar-refractivity contribution < 1.29 is 4.74 Å². The fourth-order valence-electron chi connectivity index (χ4n) is 3.43. The predicted molar refractivity (Wildman–Crippen MR) is 115 cm³/mol. The van der Waals surface area contributed by atoms with Gasteiger partial charge in [-0.3, -0.25) is 4.99 Å². The highest BCUT2D eigenvalue weighted by atomic mass is 32.1. The van der Waals surface area contributed by atoms with Gasteiger partial charge in [0.15, 0.2) is 5.96 Å². The number of nitrogens with zero attached hydrogens (tertiary/aromatic N) is 2. The number of guanidine groups is 1. The number of anilines is 1. The van der Waals surface area contributed by atoms with Crippen LogP contribution in [0.4, 0.5) is 5.00 Å². The Hall–Kier alpha value is -2.21. The Kier molecular flexibility index (Phi) is 6.98. The van der Waals surface area contributed by atoms with Gasteiger partial charge in [0.1, 0.15) is 5.75 Å². The first-order chi connectivity index (χ1) is 13.2. The zero-order valence-electron chi connectivity index (χ0n) is 16.5. The van der Waals surface area contributed by atoms with E-state index >= 15 is 0 Å². The van der Waals surface area contributed by atoms with Crippen LogP contribution in [0.1, 0.15) is 24.0 Å². The van der Waals surface area contributed by atoms with E-state index in [4.69, 9.17) is 4.74 Å². The lowest BCUT2D eigenvalue weighted by molar-refractivity contribution is 0.411. The van der Waals surface area contributed by atoms with E-state index in [1.54, 1.807) is 7.11 Å². The molecule has 2 heterocycles. The summed E-state index contributed by atoms with van der Waals surface area (Å²) >= 11 is 1.82. The molecule has 1 saturated heterocycles. The van der Waals surface area contributed by atoms with Gasteiger partial charge in [0, 0.05) is 32.7 Å². The molecule has 1 aromatic carbocycles. The van der Waals surface area contributed by atoms with Crippen LogP contribution in [0.2, 0.25) is 0 Å². The number of rotatable bonds is 6. The molecule has 0 atom stereocenters. The van der Waals surface area contributed by atoms with Crippen LogP contribution < -0.4 is 20.3 Å². The number of thiophene rings is 1. The second kappa shape index (κ2) is 9.65. The Bertz CT molecular complexity index is 737. The summed E-state index contributed by atoms with van der Waals surface area (Å²) in [6, 6.07) is 11.2. The van der Waals surface area contributed by atoms with Crippen molar-refractivity contribution in [2.75, 3.05) is 38.7 Å². The Morgan fingerprint density at radius 1 is 1.30 bits per heavy atom. The molecule has 0 spiro atoms. The van der Waals surface area contributed by atoms with Crippen molar-refractivity contribution in [2.45, 2.75) is 32.2 Å². The molecule has 1 aliphatic rings. The zero-order valence-corrected chi connectivity index (χ0v) is 17.3. The molecule has 0 saturated carbocycles. The van der Waals surface area contributed by atoms with Gasteiger partial charge < -0.3 is 20.3 Å². The van der Waals surface area contributed by atoms with Gasteiger partial charge in [0.25, 0.3) is 0 Å². The number of aryl methyl sites for hydroxylation is 1. The third kappa shape index (κ3) is 5.39. The van der Waals surface area contributed by atoms with Gasteiger partial charge in [-0.25, -0.2) is 0 Å². The minimum absolute atomic E-state index is 0.479. The Morgan fingerprint density at radius 3 is 2.78 bits per heavy atom. The Morgan fingerprint density at radius 2 is 2.11 bits per heavy atom. The SMILES string of the molecule is CN=C(NCCc1ccc(C)c(OC)c1)NC1CCN(c2cccs2)CC1. The molecular formula is C21H30N4OS.